The lowest BCUT2D eigenvalue weighted by molar-refractivity contribution is -0.140. The number of sulfonamides is 1. The zero-order valence-electron chi connectivity index (χ0n) is 22.8. The van der Waals surface area contributed by atoms with Crippen LogP contribution in [0.5, 0.6) is 0 Å². The zero-order valence-corrected chi connectivity index (χ0v) is 23.6. The fourth-order valence-electron chi connectivity index (χ4n) is 5.18. The van der Waals surface area contributed by atoms with E-state index < -0.39 is 22.0 Å². The van der Waals surface area contributed by atoms with Crippen molar-refractivity contribution in [3.05, 3.63) is 64.7 Å². The lowest BCUT2D eigenvalue weighted by atomic mass is 9.95. The Bertz CT molecular complexity index is 1190. The molecule has 3 rings (SSSR count). The number of hydrogen-bond donors (Lipinski definition) is 1. The summed E-state index contributed by atoms with van der Waals surface area (Å²) in [5, 5.41) is 3.17. The molecular formula is C29H41N3O4S. The van der Waals surface area contributed by atoms with E-state index in [-0.39, 0.29) is 25.0 Å². The Morgan fingerprint density at radius 2 is 1.62 bits per heavy atom. The molecular weight excluding hydrogens is 486 g/mol. The van der Waals surface area contributed by atoms with Gasteiger partial charge < -0.3 is 10.2 Å². The van der Waals surface area contributed by atoms with Gasteiger partial charge in [-0.25, -0.2) is 8.42 Å². The molecule has 0 radical (unpaired) electrons. The molecule has 0 spiro atoms. The molecule has 0 aromatic heterocycles. The summed E-state index contributed by atoms with van der Waals surface area (Å²) in [7, 11) is -3.75. The first-order valence-corrected chi connectivity index (χ1v) is 15.0. The maximum atomic E-state index is 13.9. The second-order valence-corrected chi connectivity index (χ2v) is 12.3. The molecule has 2 aromatic rings. The van der Waals surface area contributed by atoms with E-state index in [4.69, 9.17) is 0 Å². The minimum atomic E-state index is -3.75. The van der Waals surface area contributed by atoms with Crippen LogP contribution in [0.25, 0.3) is 0 Å². The minimum Gasteiger partial charge on any atom is -0.352 e. The van der Waals surface area contributed by atoms with Crippen LogP contribution in [0.4, 0.5) is 5.69 Å². The number of carbonyl (C=O) groups excluding carboxylic acids is 2. The van der Waals surface area contributed by atoms with Gasteiger partial charge in [-0.05, 0) is 68.9 Å². The SMILES string of the molecule is CC[C@@H](C(=O)NC1CCCCC1)N(Cc1cccc(C)c1)C(=O)CN(c1cc(C)cc(C)c1)S(C)(=O)=O. The van der Waals surface area contributed by atoms with Crippen molar-refractivity contribution in [2.75, 3.05) is 17.1 Å². The van der Waals surface area contributed by atoms with Gasteiger partial charge in [0, 0.05) is 12.6 Å². The third-order valence-corrected chi connectivity index (χ3v) is 8.09. The molecule has 1 aliphatic carbocycles. The summed E-state index contributed by atoms with van der Waals surface area (Å²) in [5.41, 5.74) is 4.22. The Hall–Kier alpha value is -2.87. The number of anilines is 1. The Labute approximate surface area is 222 Å². The maximum absolute atomic E-state index is 13.9. The highest BCUT2D eigenvalue weighted by molar-refractivity contribution is 7.92. The average molecular weight is 528 g/mol. The van der Waals surface area contributed by atoms with Gasteiger partial charge in [-0.3, -0.25) is 13.9 Å². The smallest absolute Gasteiger partial charge is 0.244 e. The summed E-state index contributed by atoms with van der Waals surface area (Å²) < 4.78 is 26.8. The predicted molar refractivity (Wildman–Crippen MR) is 149 cm³/mol. The van der Waals surface area contributed by atoms with Gasteiger partial charge in [0.2, 0.25) is 21.8 Å². The van der Waals surface area contributed by atoms with Crippen LogP contribution in [-0.2, 0) is 26.2 Å². The molecule has 8 heteroatoms. The van der Waals surface area contributed by atoms with Crippen molar-refractivity contribution in [3.8, 4) is 0 Å². The molecule has 2 aromatic carbocycles. The number of benzene rings is 2. The summed E-state index contributed by atoms with van der Waals surface area (Å²) in [5.74, 6) is -0.579. The van der Waals surface area contributed by atoms with Crippen LogP contribution >= 0.6 is 0 Å². The predicted octanol–water partition coefficient (Wildman–Crippen LogP) is 4.63. The highest BCUT2D eigenvalue weighted by atomic mass is 32.2. The Balaban J connectivity index is 1.93. The molecule has 0 unspecified atom stereocenters. The molecule has 1 saturated carbocycles. The van der Waals surface area contributed by atoms with Crippen molar-refractivity contribution in [3.63, 3.8) is 0 Å². The van der Waals surface area contributed by atoms with Gasteiger partial charge in [0.25, 0.3) is 0 Å². The topological polar surface area (TPSA) is 86.8 Å². The Morgan fingerprint density at radius 1 is 0.973 bits per heavy atom. The quantitative estimate of drug-likeness (QED) is 0.488. The van der Waals surface area contributed by atoms with Crippen LogP contribution in [0.2, 0.25) is 0 Å². The van der Waals surface area contributed by atoms with Crippen molar-refractivity contribution in [2.45, 2.75) is 84.8 Å². The second-order valence-electron chi connectivity index (χ2n) is 10.4. The number of carbonyl (C=O) groups is 2. The number of amides is 2. The fourth-order valence-corrected chi connectivity index (χ4v) is 6.01. The van der Waals surface area contributed by atoms with Crippen molar-refractivity contribution < 1.29 is 18.0 Å². The number of hydrogen-bond acceptors (Lipinski definition) is 4. The number of nitrogens with zero attached hydrogens (tertiary/aromatic N) is 2. The van der Waals surface area contributed by atoms with E-state index >= 15 is 0 Å². The minimum absolute atomic E-state index is 0.119. The van der Waals surface area contributed by atoms with E-state index in [1.807, 2.05) is 58.0 Å². The van der Waals surface area contributed by atoms with Crippen molar-refractivity contribution in [1.82, 2.24) is 10.2 Å². The van der Waals surface area contributed by atoms with Crippen molar-refractivity contribution in [1.29, 1.82) is 0 Å². The van der Waals surface area contributed by atoms with Gasteiger partial charge in [-0.2, -0.15) is 0 Å². The van der Waals surface area contributed by atoms with E-state index in [9.17, 15) is 18.0 Å². The van der Waals surface area contributed by atoms with E-state index in [2.05, 4.69) is 5.32 Å². The highest BCUT2D eigenvalue weighted by Gasteiger charge is 2.33. The lowest BCUT2D eigenvalue weighted by Crippen LogP contribution is -2.54. The third-order valence-electron chi connectivity index (χ3n) is 6.95. The largest absolute Gasteiger partial charge is 0.352 e. The molecule has 0 bridgehead atoms. The Morgan fingerprint density at radius 3 is 2.19 bits per heavy atom. The normalized spacial score (nSPS) is 15.2. The monoisotopic (exact) mass is 527 g/mol. The van der Waals surface area contributed by atoms with Crippen molar-refractivity contribution >= 4 is 27.5 Å². The molecule has 202 valence electrons. The molecule has 1 N–H and O–H groups in total. The molecule has 1 atom stereocenters. The van der Waals surface area contributed by atoms with E-state index in [0.717, 1.165) is 58.5 Å². The average Bonchev–Trinajstić information content (AvgIpc) is 2.81. The molecule has 1 fully saturated rings. The summed E-state index contributed by atoms with van der Waals surface area (Å²) in [6.45, 7) is 7.51. The lowest BCUT2D eigenvalue weighted by Gasteiger charge is -2.34. The van der Waals surface area contributed by atoms with Gasteiger partial charge in [0.1, 0.15) is 12.6 Å². The van der Waals surface area contributed by atoms with Crippen LogP contribution in [-0.4, -0.2) is 50.0 Å². The number of nitrogens with one attached hydrogen (secondary N) is 1. The fraction of sp³-hybridized carbons (Fsp3) is 0.517. The Kier molecular flexibility index (Phi) is 9.76. The van der Waals surface area contributed by atoms with Gasteiger partial charge in [-0.1, -0.05) is 62.1 Å². The molecule has 7 nitrogen and oxygen atoms in total. The molecule has 0 heterocycles. The number of rotatable bonds is 10. The summed E-state index contributed by atoms with van der Waals surface area (Å²) in [6.07, 6.45) is 6.79. The molecule has 37 heavy (non-hydrogen) atoms. The summed E-state index contributed by atoms with van der Waals surface area (Å²) >= 11 is 0. The molecule has 1 aliphatic rings. The summed E-state index contributed by atoms with van der Waals surface area (Å²) in [4.78, 5) is 28.9. The molecule has 0 saturated heterocycles. The van der Waals surface area contributed by atoms with Gasteiger partial charge in [-0.15, -0.1) is 0 Å². The number of aryl methyl sites for hydroxylation is 3. The van der Waals surface area contributed by atoms with E-state index in [1.165, 1.54) is 6.42 Å². The van der Waals surface area contributed by atoms with E-state index in [0.29, 0.717) is 12.1 Å². The third kappa shape index (κ3) is 8.06. The van der Waals surface area contributed by atoms with Gasteiger partial charge >= 0.3 is 0 Å². The molecule has 0 aliphatic heterocycles. The van der Waals surface area contributed by atoms with Crippen LogP contribution < -0.4 is 9.62 Å². The molecule has 2 amide bonds. The van der Waals surface area contributed by atoms with Crippen LogP contribution in [0, 0.1) is 20.8 Å². The standard InChI is InChI=1S/C29H41N3O4S/c1-6-27(29(34)30-25-13-8-7-9-14-25)31(19-24-12-10-11-21(2)16-24)28(33)20-32(37(5,35)36)26-17-22(3)15-23(4)18-26/h10-12,15-18,25,27H,6-9,13-14,19-20H2,1-5H3,(H,30,34)/t27-/m0/s1. The van der Waals surface area contributed by atoms with E-state index in [1.54, 1.807) is 17.0 Å². The first-order chi connectivity index (χ1) is 17.5. The second kappa shape index (κ2) is 12.6. The first-order valence-electron chi connectivity index (χ1n) is 13.2. The zero-order chi connectivity index (χ0) is 27.2. The van der Waals surface area contributed by atoms with Crippen LogP contribution in [0.15, 0.2) is 42.5 Å². The first kappa shape index (κ1) is 28.7. The van der Waals surface area contributed by atoms with Crippen LogP contribution in [0.1, 0.15) is 67.7 Å². The summed E-state index contributed by atoms with van der Waals surface area (Å²) in [6, 6.07) is 12.7. The highest BCUT2D eigenvalue weighted by Crippen LogP contribution is 2.23. The van der Waals surface area contributed by atoms with Crippen LogP contribution in [0.3, 0.4) is 0 Å². The maximum Gasteiger partial charge on any atom is 0.244 e. The van der Waals surface area contributed by atoms with Gasteiger partial charge in [0.15, 0.2) is 0 Å². The van der Waals surface area contributed by atoms with Crippen molar-refractivity contribution in [2.24, 2.45) is 0 Å². The van der Waals surface area contributed by atoms with Gasteiger partial charge in [0.05, 0.1) is 11.9 Å².